The molecular formula is C22H33N3O3. The molecule has 0 bridgehead atoms. The van der Waals surface area contributed by atoms with Crippen molar-refractivity contribution in [3.8, 4) is 17.0 Å². The molecule has 0 N–H and O–H groups in total. The zero-order valence-corrected chi connectivity index (χ0v) is 18.2. The predicted octanol–water partition coefficient (Wildman–Crippen LogP) is 4.20. The molecule has 0 saturated carbocycles. The summed E-state index contributed by atoms with van der Waals surface area (Å²) >= 11 is 0. The van der Waals surface area contributed by atoms with Gasteiger partial charge in [-0.05, 0) is 60.7 Å². The second kappa shape index (κ2) is 9.24. The molecule has 1 aromatic carbocycles. The number of rotatable bonds is 8. The van der Waals surface area contributed by atoms with Crippen LogP contribution in [0.3, 0.4) is 0 Å². The van der Waals surface area contributed by atoms with Crippen LogP contribution in [-0.4, -0.2) is 53.5 Å². The van der Waals surface area contributed by atoms with Crippen LogP contribution in [-0.2, 0) is 10.3 Å². The van der Waals surface area contributed by atoms with Crippen LogP contribution in [0, 0.1) is 0 Å². The van der Waals surface area contributed by atoms with E-state index in [0.717, 1.165) is 5.56 Å². The number of likely N-dealkylation sites (N-methyl/N-ethyl adjacent to an activating group) is 1. The lowest BCUT2D eigenvalue weighted by molar-refractivity contribution is 0.0461. The molecule has 0 fully saturated rings. The lowest BCUT2D eigenvalue weighted by Gasteiger charge is -2.20. The van der Waals surface area contributed by atoms with Crippen molar-refractivity contribution in [2.75, 3.05) is 26.8 Å². The molecule has 6 nitrogen and oxygen atoms in total. The van der Waals surface area contributed by atoms with Gasteiger partial charge in [0.25, 0.3) is 0 Å². The molecule has 0 radical (unpaired) electrons. The zero-order chi connectivity index (χ0) is 20.9. The summed E-state index contributed by atoms with van der Waals surface area (Å²) in [5, 5.41) is 4.71. The van der Waals surface area contributed by atoms with Crippen molar-refractivity contribution in [3.05, 3.63) is 36.0 Å². The third-order valence-corrected chi connectivity index (χ3v) is 4.62. The highest BCUT2D eigenvalue weighted by Crippen LogP contribution is 2.33. The molecule has 0 spiro atoms. The number of benzene rings is 1. The quantitative estimate of drug-likeness (QED) is 0.636. The summed E-state index contributed by atoms with van der Waals surface area (Å²) in [6.45, 7) is 13.8. The fraction of sp³-hybridized carbons (Fsp3) is 0.545. The fourth-order valence-electron chi connectivity index (χ4n) is 2.63. The van der Waals surface area contributed by atoms with E-state index < -0.39 is 0 Å². The molecular weight excluding hydrogens is 354 g/mol. The molecule has 2 aromatic rings. The Balaban J connectivity index is 2.36. The Kier molecular flexibility index (Phi) is 7.24. The number of nitrogens with zero attached hydrogens (tertiary/aromatic N) is 3. The molecule has 0 saturated heterocycles. The Hall–Kier alpha value is -2.34. The molecule has 6 heteroatoms. The molecule has 154 valence electrons. The second-order valence-corrected chi connectivity index (χ2v) is 8.15. The van der Waals surface area contributed by atoms with E-state index in [2.05, 4.69) is 18.7 Å². The molecule has 0 atom stereocenters. The van der Waals surface area contributed by atoms with E-state index >= 15 is 0 Å². The van der Waals surface area contributed by atoms with E-state index in [0.29, 0.717) is 42.8 Å². The van der Waals surface area contributed by atoms with Crippen LogP contribution in [0.15, 0.2) is 30.5 Å². The van der Waals surface area contributed by atoms with Gasteiger partial charge in [-0.3, -0.25) is 4.68 Å². The molecule has 0 aliphatic heterocycles. The molecule has 1 heterocycles. The summed E-state index contributed by atoms with van der Waals surface area (Å²) in [4.78, 5) is 15.0. The topological polar surface area (TPSA) is 56.6 Å². The van der Waals surface area contributed by atoms with Gasteiger partial charge in [0.05, 0.1) is 12.1 Å². The van der Waals surface area contributed by atoms with E-state index in [4.69, 9.17) is 14.6 Å². The Morgan fingerprint density at radius 3 is 2.54 bits per heavy atom. The van der Waals surface area contributed by atoms with Gasteiger partial charge >= 0.3 is 5.97 Å². The van der Waals surface area contributed by atoms with Crippen LogP contribution < -0.4 is 4.74 Å². The highest BCUT2D eigenvalue weighted by Gasteiger charge is 2.25. The normalized spacial score (nSPS) is 11.9. The standard InChI is InChI=1S/C22H33N3O3/c1-8-27-19-12-10-9-11-17(19)20-18(15-25(23-20)22(4,5)6)21(26)28-14-13-24(7)16(2)3/h9-12,15-16H,8,13-14H2,1-7H3. The Bertz CT molecular complexity index is 791. The first-order valence-corrected chi connectivity index (χ1v) is 9.84. The molecule has 0 amide bonds. The number of hydrogen-bond donors (Lipinski definition) is 0. The number of ether oxygens (including phenoxy) is 2. The summed E-state index contributed by atoms with van der Waals surface area (Å²) in [6.07, 6.45) is 1.77. The van der Waals surface area contributed by atoms with Gasteiger partial charge in [0.2, 0.25) is 0 Å². The van der Waals surface area contributed by atoms with E-state index in [1.165, 1.54) is 0 Å². The van der Waals surface area contributed by atoms with Gasteiger partial charge in [-0.25, -0.2) is 4.79 Å². The van der Waals surface area contributed by atoms with Crippen LogP contribution in [0.4, 0.5) is 0 Å². The number of aromatic nitrogens is 2. The molecule has 28 heavy (non-hydrogen) atoms. The first kappa shape index (κ1) is 22.0. The van der Waals surface area contributed by atoms with Gasteiger partial charge in [-0.15, -0.1) is 0 Å². The number of carbonyl (C=O) groups is 1. The van der Waals surface area contributed by atoms with Crippen LogP contribution in [0.1, 0.15) is 51.9 Å². The van der Waals surface area contributed by atoms with E-state index in [1.807, 2.05) is 63.7 Å². The fourth-order valence-corrected chi connectivity index (χ4v) is 2.63. The van der Waals surface area contributed by atoms with Crippen molar-refractivity contribution < 1.29 is 14.3 Å². The molecule has 0 aliphatic rings. The maximum absolute atomic E-state index is 12.9. The average molecular weight is 388 g/mol. The summed E-state index contributed by atoms with van der Waals surface area (Å²) < 4.78 is 13.1. The molecule has 0 aliphatic carbocycles. The minimum absolute atomic E-state index is 0.258. The third-order valence-electron chi connectivity index (χ3n) is 4.62. The van der Waals surface area contributed by atoms with E-state index in [1.54, 1.807) is 6.20 Å². The summed E-state index contributed by atoms with van der Waals surface area (Å²) in [6, 6.07) is 8.04. The number of para-hydroxylation sites is 1. The Morgan fingerprint density at radius 2 is 1.93 bits per heavy atom. The number of hydrogen-bond acceptors (Lipinski definition) is 5. The molecule has 1 aromatic heterocycles. The summed E-state index contributed by atoms with van der Waals surface area (Å²) in [5.41, 5.74) is 1.57. The maximum atomic E-state index is 12.9. The van der Waals surface area contributed by atoms with Crippen molar-refractivity contribution in [2.45, 2.75) is 53.1 Å². The summed E-state index contributed by atoms with van der Waals surface area (Å²) in [5.74, 6) is 0.340. The highest BCUT2D eigenvalue weighted by molar-refractivity contribution is 5.96. The van der Waals surface area contributed by atoms with Crippen LogP contribution in [0.2, 0.25) is 0 Å². The van der Waals surface area contributed by atoms with E-state index in [9.17, 15) is 4.79 Å². The summed E-state index contributed by atoms with van der Waals surface area (Å²) in [7, 11) is 2.01. The minimum Gasteiger partial charge on any atom is -0.493 e. The first-order chi connectivity index (χ1) is 13.1. The average Bonchev–Trinajstić information content (AvgIpc) is 3.08. The number of carbonyl (C=O) groups excluding carboxylic acids is 1. The van der Waals surface area contributed by atoms with Crippen LogP contribution in [0.5, 0.6) is 5.75 Å². The van der Waals surface area contributed by atoms with Gasteiger partial charge in [0.15, 0.2) is 0 Å². The van der Waals surface area contributed by atoms with Crippen molar-refractivity contribution in [3.63, 3.8) is 0 Å². The molecule has 0 unspecified atom stereocenters. The first-order valence-electron chi connectivity index (χ1n) is 9.84. The van der Waals surface area contributed by atoms with Crippen LogP contribution in [0.25, 0.3) is 11.3 Å². The lowest BCUT2D eigenvalue weighted by Crippen LogP contribution is -2.30. The monoisotopic (exact) mass is 387 g/mol. The van der Waals surface area contributed by atoms with Gasteiger partial charge < -0.3 is 14.4 Å². The largest absolute Gasteiger partial charge is 0.493 e. The molecule has 2 rings (SSSR count). The minimum atomic E-state index is -0.367. The Morgan fingerprint density at radius 1 is 1.25 bits per heavy atom. The SMILES string of the molecule is CCOc1ccccc1-c1nn(C(C)(C)C)cc1C(=O)OCCN(C)C(C)C. The predicted molar refractivity (Wildman–Crippen MR) is 112 cm³/mol. The van der Waals surface area contributed by atoms with Crippen LogP contribution >= 0.6 is 0 Å². The van der Waals surface area contributed by atoms with Gasteiger partial charge in [-0.2, -0.15) is 5.10 Å². The van der Waals surface area contributed by atoms with Gasteiger partial charge in [0, 0.05) is 24.3 Å². The van der Waals surface area contributed by atoms with Crippen molar-refractivity contribution in [1.29, 1.82) is 0 Å². The van der Waals surface area contributed by atoms with Gasteiger partial charge in [-0.1, -0.05) is 12.1 Å². The zero-order valence-electron chi connectivity index (χ0n) is 18.2. The maximum Gasteiger partial charge on any atom is 0.342 e. The number of esters is 1. The highest BCUT2D eigenvalue weighted by atomic mass is 16.5. The van der Waals surface area contributed by atoms with Gasteiger partial charge in [0.1, 0.15) is 23.6 Å². The lowest BCUT2D eigenvalue weighted by atomic mass is 10.1. The smallest absolute Gasteiger partial charge is 0.342 e. The van der Waals surface area contributed by atoms with Crippen molar-refractivity contribution in [1.82, 2.24) is 14.7 Å². The van der Waals surface area contributed by atoms with Crippen molar-refractivity contribution >= 4 is 5.97 Å². The second-order valence-electron chi connectivity index (χ2n) is 8.15. The third kappa shape index (κ3) is 5.35. The Labute approximate surface area is 168 Å². The van der Waals surface area contributed by atoms with Crippen molar-refractivity contribution in [2.24, 2.45) is 0 Å². The van der Waals surface area contributed by atoms with E-state index in [-0.39, 0.29) is 11.5 Å².